The van der Waals surface area contributed by atoms with Crippen molar-refractivity contribution in [3.8, 4) is 0 Å². The first-order chi connectivity index (χ1) is 8.70. The van der Waals surface area contributed by atoms with Gasteiger partial charge in [0.15, 0.2) is 5.58 Å². The van der Waals surface area contributed by atoms with E-state index in [1.807, 2.05) is 19.1 Å². The molecule has 0 unspecified atom stereocenters. The topological polar surface area (TPSA) is 64.9 Å². The lowest BCUT2D eigenvalue weighted by Gasteiger charge is -1.91. The molecule has 0 aliphatic heterocycles. The molecular weight excluding hydrogens is 266 g/mol. The van der Waals surface area contributed by atoms with E-state index in [1.165, 1.54) is 0 Å². The number of nitrogens with zero attached hydrogens (tertiary/aromatic N) is 2. The molecule has 6 heteroatoms. The van der Waals surface area contributed by atoms with Crippen LogP contribution in [0.3, 0.4) is 0 Å². The summed E-state index contributed by atoms with van der Waals surface area (Å²) in [5.74, 6) is 0.770. The molecule has 0 fully saturated rings. The van der Waals surface area contributed by atoms with E-state index in [4.69, 9.17) is 10.2 Å². The average Bonchev–Trinajstić information content (AvgIpc) is 2.92. The largest absolute Gasteiger partial charge is 0.431 e. The Bertz CT molecular complexity index is 690. The van der Waals surface area contributed by atoms with Crippen molar-refractivity contribution in [2.24, 2.45) is 0 Å². The highest BCUT2D eigenvalue weighted by atomic mass is 32.2. The molecule has 2 aromatic heterocycles. The summed E-state index contributed by atoms with van der Waals surface area (Å²) in [4.78, 5) is 8.79. The number of benzene rings is 1. The van der Waals surface area contributed by atoms with Crippen LogP contribution in [-0.4, -0.2) is 9.97 Å². The van der Waals surface area contributed by atoms with Crippen LogP contribution in [0.15, 0.2) is 33.2 Å². The Morgan fingerprint density at radius 1 is 1.39 bits per heavy atom. The molecule has 92 valence electrons. The molecule has 18 heavy (non-hydrogen) atoms. The van der Waals surface area contributed by atoms with E-state index in [9.17, 15) is 0 Å². The number of rotatable bonds is 3. The van der Waals surface area contributed by atoms with Crippen molar-refractivity contribution in [3.63, 3.8) is 0 Å². The standard InChI is InChI=1S/C12H11N3OS2/c1-7-14-9(5-17-7)6-18-12-15-10-3-2-8(13)4-11(10)16-12/h2-5H,6,13H2,1H3. The van der Waals surface area contributed by atoms with Crippen molar-refractivity contribution < 1.29 is 4.42 Å². The van der Waals surface area contributed by atoms with Gasteiger partial charge in [0.2, 0.25) is 0 Å². The molecule has 0 atom stereocenters. The number of oxazole rings is 1. The van der Waals surface area contributed by atoms with Crippen molar-refractivity contribution in [2.45, 2.75) is 17.9 Å². The second-order valence-electron chi connectivity index (χ2n) is 3.85. The van der Waals surface area contributed by atoms with Crippen molar-refractivity contribution in [1.82, 2.24) is 9.97 Å². The minimum atomic E-state index is 0.654. The number of anilines is 1. The van der Waals surface area contributed by atoms with Crippen LogP contribution in [0.4, 0.5) is 5.69 Å². The Labute approximate surface area is 112 Å². The summed E-state index contributed by atoms with van der Waals surface area (Å²) < 4.78 is 5.62. The Morgan fingerprint density at radius 3 is 3.06 bits per heavy atom. The Morgan fingerprint density at radius 2 is 2.28 bits per heavy atom. The van der Waals surface area contributed by atoms with E-state index >= 15 is 0 Å². The number of hydrogen-bond acceptors (Lipinski definition) is 6. The zero-order valence-electron chi connectivity index (χ0n) is 9.71. The number of aryl methyl sites for hydroxylation is 1. The second-order valence-corrected chi connectivity index (χ2v) is 5.84. The zero-order valence-corrected chi connectivity index (χ0v) is 11.3. The average molecular weight is 277 g/mol. The predicted octanol–water partition coefficient (Wildman–Crippen LogP) is 3.47. The third-order valence-electron chi connectivity index (χ3n) is 2.40. The summed E-state index contributed by atoms with van der Waals surface area (Å²) in [6.07, 6.45) is 0. The molecule has 3 rings (SSSR count). The van der Waals surface area contributed by atoms with Crippen LogP contribution in [0.2, 0.25) is 0 Å². The Balaban J connectivity index is 1.78. The molecule has 2 heterocycles. The smallest absolute Gasteiger partial charge is 0.257 e. The number of thioether (sulfide) groups is 1. The maximum absolute atomic E-state index is 5.70. The fraction of sp³-hybridized carbons (Fsp3) is 0.167. The molecule has 1 aromatic carbocycles. The molecule has 0 aliphatic carbocycles. The lowest BCUT2D eigenvalue weighted by Crippen LogP contribution is -1.81. The van der Waals surface area contributed by atoms with Crippen molar-refractivity contribution in [2.75, 3.05) is 5.73 Å². The highest BCUT2D eigenvalue weighted by Gasteiger charge is 2.08. The van der Waals surface area contributed by atoms with Gasteiger partial charge in [0.05, 0.1) is 10.7 Å². The number of nitrogens with two attached hydrogens (primary N) is 1. The molecular formula is C12H11N3OS2. The van der Waals surface area contributed by atoms with Gasteiger partial charge in [0.25, 0.3) is 5.22 Å². The highest BCUT2D eigenvalue weighted by Crippen LogP contribution is 2.27. The van der Waals surface area contributed by atoms with Gasteiger partial charge in [-0.05, 0) is 19.1 Å². The quantitative estimate of drug-likeness (QED) is 0.586. The number of fused-ring (bicyclic) bond motifs is 1. The van der Waals surface area contributed by atoms with Crippen molar-refractivity contribution in [1.29, 1.82) is 0 Å². The van der Waals surface area contributed by atoms with Gasteiger partial charge in [-0.15, -0.1) is 11.3 Å². The van der Waals surface area contributed by atoms with Gasteiger partial charge in [-0.25, -0.2) is 9.97 Å². The minimum absolute atomic E-state index is 0.654. The lowest BCUT2D eigenvalue weighted by atomic mass is 10.3. The Kier molecular flexibility index (Phi) is 2.97. The maximum atomic E-state index is 5.70. The lowest BCUT2D eigenvalue weighted by molar-refractivity contribution is 0.489. The van der Waals surface area contributed by atoms with Crippen LogP contribution >= 0.6 is 23.1 Å². The van der Waals surface area contributed by atoms with E-state index < -0.39 is 0 Å². The molecule has 0 spiro atoms. The van der Waals surface area contributed by atoms with Crippen LogP contribution < -0.4 is 5.73 Å². The molecule has 2 N–H and O–H groups in total. The molecule has 0 amide bonds. The van der Waals surface area contributed by atoms with E-state index in [1.54, 1.807) is 29.2 Å². The van der Waals surface area contributed by atoms with E-state index in [2.05, 4.69) is 15.3 Å². The molecule has 4 nitrogen and oxygen atoms in total. The SMILES string of the molecule is Cc1nc(CSc2nc3ccc(N)cc3o2)cs1. The number of aromatic nitrogens is 2. The summed E-state index contributed by atoms with van der Waals surface area (Å²) in [5.41, 5.74) is 9.01. The van der Waals surface area contributed by atoms with Crippen LogP contribution in [0.25, 0.3) is 11.1 Å². The molecule has 0 saturated carbocycles. The summed E-state index contributed by atoms with van der Waals surface area (Å²) in [5, 5.41) is 3.79. The fourth-order valence-electron chi connectivity index (χ4n) is 1.59. The first-order valence-electron chi connectivity index (χ1n) is 5.40. The van der Waals surface area contributed by atoms with Crippen LogP contribution in [0.1, 0.15) is 10.7 Å². The van der Waals surface area contributed by atoms with Gasteiger partial charge in [0, 0.05) is 22.9 Å². The van der Waals surface area contributed by atoms with Gasteiger partial charge in [0.1, 0.15) is 5.52 Å². The number of thiazole rings is 1. The minimum Gasteiger partial charge on any atom is -0.431 e. The van der Waals surface area contributed by atoms with Crippen LogP contribution in [-0.2, 0) is 5.75 Å². The van der Waals surface area contributed by atoms with Crippen molar-refractivity contribution in [3.05, 3.63) is 34.3 Å². The third kappa shape index (κ3) is 2.34. The Hall–Kier alpha value is -1.53. The van der Waals surface area contributed by atoms with E-state index in [0.717, 1.165) is 27.6 Å². The highest BCUT2D eigenvalue weighted by molar-refractivity contribution is 7.98. The molecule has 0 aliphatic rings. The first-order valence-corrected chi connectivity index (χ1v) is 7.27. The van der Waals surface area contributed by atoms with Crippen LogP contribution in [0, 0.1) is 6.92 Å². The maximum Gasteiger partial charge on any atom is 0.257 e. The van der Waals surface area contributed by atoms with E-state index in [0.29, 0.717) is 10.9 Å². The van der Waals surface area contributed by atoms with Gasteiger partial charge in [-0.3, -0.25) is 0 Å². The van der Waals surface area contributed by atoms with Gasteiger partial charge >= 0.3 is 0 Å². The summed E-state index contributed by atoms with van der Waals surface area (Å²) in [7, 11) is 0. The van der Waals surface area contributed by atoms with Crippen LogP contribution in [0.5, 0.6) is 0 Å². The number of hydrogen-bond donors (Lipinski definition) is 1. The molecule has 3 aromatic rings. The zero-order chi connectivity index (χ0) is 12.5. The third-order valence-corrected chi connectivity index (χ3v) is 4.09. The summed E-state index contributed by atoms with van der Waals surface area (Å²) in [6.45, 7) is 2.00. The number of nitrogen functional groups attached to an aromatic ring is 1. The fourth-order valence-corrected chi connectivity index (χ4v) is 3.04. The molecule has 0 radical (unpaired) electrons. The molecule has 0 bridgehead atoms. The van der Waals surface area contributed by atoms with E-state index in [-0.39, 0.29) is 0 Å². The second kappa shape index (κ2) is 4.62. The van der Waals surface area contributed by atoms with Gasteiger partial charge in [-0.2, -0.15) is 0 Å². The van der Waals surface area contributed by atoms with Gasteiger partial charge < -0.3 is 10.2 Å². The van der Waals surface area contributed by atoms with Crippen molar-refractivity contribution >= 4 is 39.9 Å². The predicted molar refractivity (Wildman–Crippen MR) is 74.8 cm³/mol. The first kappa shape index (κ1) is 11.6. The monoisotopic (exact) mass is 277 g/mol. The van der Waals surface area contributed by atoms with Gasteiger partial charge in [-0.1, -0.05) is 11.8 Å². The molecule has 0 saturated heterocycles. The summed E-state index contributed by atoms with van der Waals surface area (Å²) in [6, 6.07) is 5.48. The normalized spacial score (nSPS) is 11.2. The summed E-state index contributed by atoms with van der Waals surface area (Å²) >= 11 is 3.20.